The molecule has 0 bridgehead atoms. The molecule has 126 valence electrons. The van der Waals surface area contributed by atoms with Crippen molar-refractivity contribution in [2.75, 3.05) is 6.54 Å². The number of aryl methyl sites for hydroxylation is 1. The predicted molar refractivity (Wildman–Crippen MR) is 78.9 cm³/mol. The van der Waals surface area contributed by atoms with Gasteiger partial charge in [0, 0.05) is 19.8 Å². The minimum atomic E-state index is -4.50. The van der Waals surface area contributed by atoms with Gasteiger partial charge >= 0.3 is 6.18 Å². The highest BCUT2D eigenvalue weighted by Crippen LogP contribution is 2.30. The molecular weight excluding hydrogens is 323 g/mol. The molecule has 2 aromatic rings. The fraction of sp³-hybridized carbons (Fsp3) is 0.250. The van der Waals surface area contributed by atoms with Gasteiger partial charge in [-0.25, -0.2) is 0 Å². The number of nitrogens with zero attached hydrogens (tertiary/aromatic N) is 2. The van der Waals surface area contributed by atoms with E-state index >= 15 is 0 Å². The molecule has 1 heterocycles. The van der Waals surface area contributed by atoms with Gasteiger partial charge < -0.3 is 15.0 Å². The van der Waals surface area contributed by atoms with E-state index in [9.17, 15) is 23.1 Å². The first-order valence-corrected chi connectivity index (χ1v) is 6.92. The van der Waals surface area contributed by atoms with E-state index in [2.05, 4.69) is 5.32 Å². The summed E-state index contributed by atoms with van der Waals surface area (Å²) in [4.78, 5) is 12.0. The van der Waals surface area contributed by atoms with Crippen LogP contribution < -0.4 is 5.32 Å². The van der Waals surface area contributed by atoms with Gasteiger partial charge in [-0.05, 0) is 23.8 Å². The third-order valence-electron chi connectivity index (χ3n) is 3.42. The zero-order valence-electron chi connectivity index (χ0n) is 12.6. The van der Waals surface area contributed by atoms with Crippen LogP contribution in [-0.2, 0) is 13.2 Å². The number of amides is 1. The van der Waals surface area contributed by atoms with Crippen molar-refractivity contribution in [3.8, 4) is 6.07 Å². The highest BCUT2D eigenvalue weighted by atomic mass is 19.4. The van der Waals surface area contributed by atoms with Crippen LogP contribution in [0.3, 0.4) is 0 Å². The van der Waals surface area contributed by atoms with Gasteiger partial charge in [0.15, 0.2) is 0 Å². The smallest absolute Gasteiger partial charge is 0.387 e. The maximum absolute atomic E-state index is 12.7. The molecule has 1 aromatic heterocycles. The lowest BCUT2D eigenvalue weighted by Gasteiger charge is -2.14. The molecule has 1 unspecified atom stereocenters. The van der Waals surface area contributed by atoms with Crippen LogP contribution >= 0.6 is 0 Å². The molecule has 2 rings (SSSR count). The summed E-state index contributed by atoms with van der Waals surface area (Å²) in [5.74, 6) is -0.537. The molecule has 0 saturated carbocycles. The van der Waals surface area contributed by atoms with Crippen molar-refractivity contribution < 1.29 is 23.1 Å². The van der Waals surface area contributed by atoms with Crippen molar-refractivity contribution in [3.63, 3.8) is 0 Å². The fourth-order valence-electron chi connectivity index (χ4n) is 2.17. The first kappa shape index (κ1) is 17.6. The molecule has 0 fully saturated rings. The summed E-state index contributed by atoms with van der Waals surface area (Å²) in [7, 11) is 1.58. The Hall–Kier alpha value is -2.79. The van der Waals surface area contributed by atoms with Crippen LogP contribution in [0.1, 0.15) is 33.3 Å². The van der Waals surface area contributed by atoms with Gasteiger partial charge in [0.05, 0.1) is 17.2 Å². The summed E-state index contributed by atoms with van der Waals surface area (Å²) < 4.78 is 39.4. The zero-order chi connectivity index (χ0) is 17.9. The topological polar surface area (TPSA) is 78.0 Å². The number of hydrogen-bond donors (Lipinski definition) is 2. The number of carbonyl (C=O) groups is 1. The van der Waals surface area contributed by atoms with Gasteiger partial charge in [0.2, 0.25) is 0 Å². The third kappa shape index (κ3) is 3.94. The Balaban J connectivity index is 2.05. The maximum Gasteiger partial charge on any atom is 0.416 e. The van der Waals surface area contributed by atoms with Gasteiger partial charge in [-0.1, -0.05) is 12.1 Å². The van der Waals surface area contributed by atoms with E-state index in [1.807, 2.05) is 6.07 Å². The summed E-state index contributed by atoms with van der Waals surface area (Å²) in [5.41, 5.74) is -0.301. The number of hydrogen-bond acceptors (Lipinski definition) is 3. The highest BCUT2D eigenvalue weighted by molar-refractivity contribution is 5.93. The maximum atomic E-state index is 12.7. The van der Waals surface area contributed by atoms with Gasteiger partial charge in [-0.15, -0.1) is 0 Å². The van der Waals surface area contributed by atoms with Crippen LogP contribution in [0.4, 0.5) is 13.2 Å². The number of nitrogens with one attached hydrogen (secondary N) is 1. The molecule has 5 nitrogen and oxygen atoms in total. The van der Waals surface area contributed by atoms with Gasteiger partial charge in [-0.2, -0.15) is 18.4 Å². The number of rotatable bonds is 4. The van der Waals surface area contributed by atoms with Crippen LogP contribution in [-0.4, -0.2) is 22.1 Å². The minimum absolute atomic E-state index is 0.0507. The molecule has 1 amide bonds. The van der Waals surface area contributed by atoms with E-state index in [4.69, 9.17) is 5.26 Å². The van der Waals surface area contributed by atoms with E-state index in [1.54, 1.807) is 7.05 Å². The Kier molecular flexibility index (Phi) is 4.95. The lowest BCUT2D eigenvalue weighted by Crippen LogP contribution is -2.29. The Morgan fingerprint density at radius 2 is 2.12 bits per heavy atom. The first-order valence-electron chi connectivity index (χ1n) is 6.92. The van der Waals surface area contributed by atoms with Crippen LogP contribution in [0.25, 0.3) is 0 Å². The number of benzene rings is 1. The molecule has 24 heavy (non-hydrogen) atoms. The Morgan fingerprint density at radius 1 is 1.42 bits per heavy atom. The van der Waals surface area contributed by atoms with Crippen molar-refractivity contribution in [2.45, 2.75) is 12.3 Å². The van der Waals surface area contributed by atoms with Crippen molar-refractivity contribution in [1.29, 1.82) is 5.26 Å². The average Bonchev–Trinajstić information content (AvgIpc) is 2.92. The summed E-state index contributed by atoms with van der Waals surface area (Å²) in [6.45, 7) is -0.257. The van der Waals surface area contributed by atoms with Crippen molar-refractivity contribution in [2.24, 2.45) is 7.05 Å². The molecule has 0 aliphatic rings. The third-order valence-corrected chi connectivity index (χ3v) is 3.42. The summed E-state index contributed by atoms with van der Waals surface area (Å²) in [5, 5.41) is 21.2. The van der Waals surface area contributed by atoms with Crippen LogP contribution in [0.15, 0.2) is 36.5 Å². The van der Waals surface area contributed by atoms with E-state index in [0.717, 1.165) is 12.1 Å². The number of aliphatic hydroxyl groups excluding tert-OH is 1. The number of aliphatic hydroxyl groups is 1. The molecule has 1 aromatic carbocycles. The van der Waals surface area contributed by atoms with Crippen molar-refractivity contribution in [1.82, 2.24) is 9.88 Å². The van der Waals surface area contributed by atoms with Gasteiger partial charge in [0.1, 0.15) is 11.8 Å². The summed E-state index contributed by atoms with van der Waals surface area (Å²) in [6.07, 6.45) is -4.32. The lowest BCUT2D eigenvalue weighted by atomic mass is 10.1. The van der Waals surface area contributed by atoms with Crippen molar-refractivity contribution >= 4 is 5.91 Å². The number of alkyl halides is 3. The van der Waals surface area contributed by atoms with E-state index < -0.39 is 23.8 Å². The molecule has 0 aliphatic carbocycles. The number of aromatic nitrogens is 1. The molecular formula is C16H14F3N3O2. The van der Waals surface area contributed by atoms with Crippen molar-refractivity contribution in [3.05, 3.63) is 58.9 Å². The Labute approximate surface area is 135 Å². The van der Waals surface area contributed by atoms with E-state index in [0.29, 0.717) is 5.56 Å². The summed E-state index contributed by atoms with van der Waals surface area (Å²) >= 11 is 0. The highest BCUT2D eigenvalue weighted by Gasteiger charge is 2.30. The number of halogens is 3. The molecule has 0 saturated heterocycles. The monoisotopic (exact) mass is 337 g/mol. The standard InChI is InChI=1S/C16H14F3N3O2/c1-22-9-10(7-20)5-13(22)15(24)21-8-14(23)11-3-2-4-12(6-11)16(17,18)19/h2-6,9,14,23H,8H2,1H3,(H,21,24). The molecule has 0 aliphatic heterocycles. The van der Waals surface area contributed by atoms with Gasteiger partial charge in [-0.3, -0.25) is 4.79 Å². The van der Waals surface area contributed by atoms with Gasteiger partial charge in [0.25, 0.3) is 5.91 Å². The average molecular weight is 337 g/mol. The van der Waals surface area contributed by atoms with E-state index in [-0.39, 0.29) is 17.8 Å². The quantitative estimate of drug-likeness (QED) is 0.899. The lowest BCUT2D eigenvalue weighted by molar-refractivity contribution is -0.137. The van der Waals surface area contributed by atoms with E-state index in [1.165, 1.54) is 29.0 Å². The normalized spacial score (nSPS) is 12.5. The second kappa shape index (κ2) is 6.76. The molecule has 8 heteroatoms. The molecule has 1 atom stereocenters. The largest absolute Gasteiger partial charge is 0.416 e. The second-order valence-corrected chi connectivity index (χ2v) is 5.19. The number of nitriles is 1. The number of carbonyl (C=O) groups excluding carboxylic acids is 1. The minimum Gasteiger partial charge on any atom is -0.387 e. The van der Waals surface area contributed by atoms with Crippen LogP contribution in [0.2, 0.25) is 0 Å². The SMILES string of the molecule is Cn1cc(C#N)cc1C(=O)NCC(O)c1cccc(C(F)(F)F)c1. The summed E-state index contributed by atoms with van der Waals surface area (Å²) in [6, 6.07) is 7.57. The second-order valence-electron chi connectivity index (χ2n) is 5.19. The molecule has 2 N–H and O–H groups in total. The zero-order valence-corrected chi connectivity index (χ0v) is 12.6. The fourth-order valence-corrected chi connectivity index (χ4v) is 2.17. The van der Waals surface area contributed by atoms with Crippen LogP contribution in [0, 0.1) is 11.3 Å². The Bertz CT molecular complexity index is 791. The first-order chi connectivity index (χ1) is 11.2. The molecule has 0 spiro atoms. The Morgan fingerprint density at radius 3 is 2.71 bits per heavy atom. The molecule has 0 radical (unpaired) electrons. The van der Waals surface area contributed by atoms with Crippen LogP contribution in [0.5, 0.6) is 0 Å². The predicted octanol–water partition coefficient (Wildman–Crippen LogP) is 2.38.